The zero-order chi connectivity index (χ0) is 21.9. The lowest BCUT2D eigenvalue weighted by Gasteiger charge is -2.29. The number of methoxy groups -OCH3 is 1. The van der Waals surface area contributed by atoms with E-state index in [9.17, 15) is 14.4 Å². The second-order valence-corrected chi connectivity index (χ2v) is 7.17. The molecule has 0 bridgehead atoms. The molecule has 0 aliphatic heterocycles. The highest BCUT2D eigenvalue weighted by Crippen LogP contribution is 2.28. The Balaban J connectivity index is 1.76. The molecule has 3 amide bonds. The van der Waals surface area contributed by atoms with Crippen molar-refractivity contribution in [3.05, 3.63) is 29.8 Å². The van der Waals surface area contributed by atoms with Crippen molar-refractivity contribution in [2.24, 2.45) is 5.92 Å². The summed E-state index contributed by atoms with van der Waals surface area (Å²) >= 11 is 0. The molecule has 0 heterocycles. The normalized spacial score (nSPS) is 18.5. The van der Waals surface area contributed by atoms with E-state index in [1.807, 2.05) is 6.92 Å². The second kappa shape index (κ2) is 11.8. The number of rotatable bonds is 8. The molecule has 0 aromatic heterocycles. The van der Waals surface area contributed by atoms with E-state index in [-0.39, 0.29) is 6.04 Å². The molecule has 8 nitrogen and oxygen atoms in total. The average molecular weight is 418 g/mol. The van der Waals surface area contributed by atoms with E-state index in [0.29, 0.717) is 29.6 Å². The molecule has 0 spiro atoms. The highest BCUT2D eigenvalue weighted by molar-refractivity contribution is 5.96. The van der Waals surface area contributed by atoms with Gasteiger partial charge in [0.15, 0.2) is 18.1 Å². The lowest BCUT2D eigenvalue weighted by atomic mass is 9.86. The van der Waals surface area contributed by atoms with Crippen molar-refractivity contribution in [1.29, 1.82) is 0 Å². The van der Waals surface area contributed by atoms with Gasteiger partial charge in [0.25, 0.3) is 5.91 Å². The number of hydrogen-bond acceptors (Lipinski definition) is 6. The zero-order valence-corrected chi connectivity index (χ0v) is 17.7. The minimum absolute atomic E-state index is 0.0585. The van der Waals surface area contributed by atoms with Crippen LogP contribution in [0.15, 0.2) is 24.3 Å². The Bertz CT molecular complexity index is 777. The maximum absolute atomic E-state index is 11.9. The first kappa shape index (κ1) is 23.3. The number of benzene rings is 1. The molecular weight excluding hydrogens is 388 g/mol. The van der Waals surface area contributed by atoms with Crippen LogP contribution in [-0.4, -0.2) is 44.3 Å². The number of imide groups is 1. The number of carbonyl (C=O) groups is 3. The van der Waals surface area contributed by atoms with Gasteiger partial charge in [-0.3, -0.25) is 10.1 Å². The molecule has 2 atom stereocenters. The Morgan fingerprint density at radius 1 is 1.17 bits per heavy atom. The summed E-state index contributed by atoms with van der Waals surface area (Å²) in [5.74, 6) is 0.158. The second-order valence-electron chi connectivity index (χ2n) is 7.17. The molecular formula is C22H30N2O6. The van der Waals surface area contributed by atoms with Gasteiger partial charge in [-0.25, -0.2) is 9.59 Å². The van der Waals surface area contributed by atoms with Gasteiger partial charge < -0.3 is 19.5 Å². The van der Waals surface area contributed by atoms with Crippen molar-refractivity contribution in [2.45, 2.75) is 45.6 Å². The van der Waals surface area contributed by atoms with E-state index in [0.717, 1.165) is 25.7 Å². The highest BCUT2D eigenvalue weighted by Gasteiger charge is 2.23. The Kier molecular flexibility index (Phi) is 9.18. The molecule has 8 heteroatoms. The molecule has 1 aromatic carbocycles. The van der Waals surface area contributed by atoms with Crippen molar-refractivity contribution in [3.63, 3.8) is 0 Å². The molecule has 1 aliphatic rings. The number of hydrogen-bond donors (Lipinski definition) is 2. The lowest BCUT2D eigenvalue weighted by molar-refractivity contribution is -0.143. The molecule has 1 saturated carbocycles. The molecule has 2 N–H and O–H groups in total. The summed E-state index contributed by atoms with van der Waals surface area (Å²) in [5, 5.41) is 5.00. The van der Waals surface area contributed by atoms with Crippen molar-refractivity contribution < 1.29 is 28.6 Å². The SMILES string of the molecule is CCOc1ccc(/C=C/C(=O)OCC(=O)NC(=O)N[C@@H]2CCCC[C@H]2C)cc1OC. The Hall–Kier alpha value is -3.03. The summed E-state index contributed by atoms with van der Waals surface area (Å²) in [5.41, 5.74) is 0.706. The summed E-state index contributed by atoms with van der Waals surface area (Å²) in [7, 11) is 1.53. The summed E-state index contributed by atoms with van der Waals surface area (Å²) in [6.45, 7) is 3.93. The van der Waals surface area contributed by atoms with Crippen LogP contribution in [0.4, 0.5) is 4.79 Å². The van der Waals surface area contributed by atoms with Crippen LogP contribution in [0.5, 0.6) is 11.5 Å². The van der Waals surface area contributed by atoms with Crippen molar-refractivity contribution >= 4 is 24.0 Å². The molecule has 164 valence electrons. The van der Waals surface area contributed by atoms with Gasteiger partial charge in [-0.15, -0.1) is 0 Å². The monoisotopic (exact) mass is 418 g/mol. The summed E-state index contributed by atoms with van der Waals surface area (Å²) in [4.78, 5) is 35.6. The van der Waals surface area contributed by atoms with Gasteiger partial charge in [0.05, 0.1) is 13.7 Å². The van der Waals surface area contributed by atoms with E-state index < -0.39 is 24.5 Å². The van der Waals surface area contributed by atoms with Gasteiger partial charge in [-0.2, -0.15) is 0 Å². The number of ether oxygens (including phenoxy) is 3. The third kappa shape index (κ3) is 7.42. The predicted molar refractivity (Wildman–Crippen MR) is 112 cm³/mol. The fourth-order valence-corrected chi connectivity index (χ4v) is 3.31. The number of esters is 1. The highest BCUT2D eigenvalue weighted by atomic mass is 16.5. The summed E-state index contributed by atoms with van der Waals surface area (Å²) < 4.78 is 15.6. The van der Waals surface area contributed by atoms with Crippen LogP contribution in [0.2, 0.25) is 0 Å². The minimum atomic E-state index is -0.695. The first-order chi connectivity index (χ1) is 14.4. The molecule has 2 rings (SSSR count). The van der Waals surface area contributed by atoms with Gasteiger partial charge in [0.1, 0.15) is 0 Å². The van der Waals surface area contributed by atoms with Gasteiger partial charge in [0.2, 0.25) is 0 Å². The number of nitrogens with one attached hydrogen (secondary N) is 2. The van der Waals surface area contributed by atoms with E-state index in [1.54, 1.807) is 18.2 Å². The maximum Gasteiger partial charge on any atom is 0.331 e. The number of urea groups is 1. The van der Waals surface area contributed by atoms with Crippen LogP contribution >= 0.6 is 0 Å². The maximum atomic E-state index is 11.9. The first-order valence-corrected chi connectivity index (χ1v) is 10.2. The van der Waals surface area contributed by atoms with Crippen molar-refractivity contribution in [3.8, 4) is 11.5 Å². The molecule has 0 unspecified atom stereocenters. The smallest absolute Gasteiger partial charge is 0.331 e. The predicted octanol–water partition coefficient (Wildman–Crippen LogP) is 3.05. The third-order valence-corrected chi connectivity index (χ3v) is 4.93. The topological polar surface area (TPSA) is 103 Å². The lowest BCUT2D eigenvalue weighted by Crippen LogP contribution is -2.48. The van der Waals surface area contributed by atoms with E-state index >= 15 is 0 Å². The van der Waals surface area contributed by atoms with E-state index in [1.165, 1.54) is 19.3 Å². The molecule has 0 saturated heterocycles. The van der Waals surface area contributed by atoms with E-state index in [4.69, 9.17) is 14.2 Å². The quantitative estimate of drug-likeness (QED) is 0.497. The first-order valence-electron chi connectivity index (χ1n) is 10.2. The van der Waals surface area contributed by atoms with Crippen LogP contribution < -0.4 is 20.1 Å². The fraction of sp³-hybridized carbons (Fsp3) is 0.500. The molecule has 0 radical (unpaired) electrons. The molecule has 1 aliphatic carbocycles. The minimum Gasteiger partial charge on any atom is -0.493 e. The van der Waals surface area contributed by atoms with Crippen LogP contribution in [-0.2, 0) is 14.3 Å². The Morgan fingerprint density at radius 2 is 1.93 bits per heavy atom. The zero-order valence-electron chi connectivity index (χ0n) is 17.7. The van der Waals surface area contributed by atoms with Gasteiger partial charge in [0, 0.05) is 12.1 Å². The van der Waals surface area contributed by atoms with Crippen molar-refractivity contribution in [2.75, 3.05) is 20.3 Å². The third-order valence-electron chi connectivity index (χ3n) is 4.93. The van der Waals surface area contributed by atoms with E-state index in [2.05, 4.69) is 17.6 Å². The summed E-state index contributed by atoms with van der Waals surface area (Å²) in [6.07, 6.45) is 6.92. The number of amides is 3. The van der Waals surface area contributed by atoms with Gasteiger partial charge in [-0.05, 0) is 49.5 Å². The van der Waals surface area contributed by atoms with Crippen LogP contribution in [0, 0.1) is 5.92 Å². The molecule has 30 heavy (non-hydrogen) atoms. The molecule has 1 aromatic rings. The Labute approximate surface area is 176 Å². The van der Waals surface area contributed by atoms with Crippen LogP contribution in [0.3, 0.4) is 0 Å². The average Bonchev–Trinajstić information content (AvgIpc) is 2.73. The fourth-order valence-electron chi connectivity index (χ4n) is 3.31. The van der Waals surface area contributed by atoms with Crippen LogP contribution in [0.1, 0.15) is 45.1 Å². The van der Waals surface area contributed by atoms with Gasteiger partial charge >= 0.3 is 12.0 Å². The molecule has 1 fully saturated rings. The largest absolute Gasteiger partial charge is 0.493 e. The standard InChI is InChI=1S/C22H30N2O6/c1-4-29-18-11-9-16(13-19(18)28-3)10-12-21(26)30-14-20(25)24-22(27)23-17-8-6-5-7-15(17)2/h9-13,15,17H,4-8,14H2,1-3H3,(H2,23,24,25,27)/b12-10+/t15-,17-/m1/s1. The van der Waals surface area contributed by atoms with Crippen LogP contribution in [0.25, 0.3) is 6.08 Å². The summed E-state index contributed by atoms with van der Waals surface area (Å²) in [6, 6.07) is 4.72. The van der Waals surface area contributed by atoms with Gasteiger partial charge in [-0.1, -0.05) is 25.8 Å². The number of carbonyl (C=O) groups excluding carboxylic acids is 3. The Morgan fingerprint density at radius 3 is 2.63 bits per heavy atom. The van der Waals surface area contributed by atoms with Crippen molar-refractivity contribution in [1.82, 2.24) is 10.6 Å².